The maximum absolute atomic E-state index is 11.3. The van der Waals surface area contributed by atoms with Crippen LogP contribution in [-0.2, 0) is 9.53 Å². The van der Waals surface area contributed by atoms with Crippen LogP contribution in [0.2, 0.25) is 0 Å². The molecular weight excluding hydrogens is 216 g/mol. The van der Waals surface area contributed by atoms with Gasteiger partial charge in [-0.3, -0.25) is 4.79 Å². The molecule has 1 rings (SSSR count). The minimum Gasteiger partial charge on any atom is -0.490 e. The lowest BCUT2D eigenvalue weighted by atomic mass is 10.1. The quantitative estimate of drug-likeness (QED) is 0.737. The van der Waals surface area contributed by atoms with Crippen molar-refractivity contribution in [2.45, 2.75) is 40.2 Å². The van der Waals surface area contributed by atoms with E-state index in [0.29, 0.717) is 6.61 Å². The monoisotopic (exact) mass is 236 g/mol. The van der Waals surface area contributed by atoms with Crippen molar-refractivity contribution in [3.05, 3.63) is 29.3 Å². The third-order valence-electron chi connectivity index (χ3n) is 2.58. The highest BCUT2D eigenvalue weighted by Crippen LogP contribution is 2.18. The number of carbonyl (C=O) groups is 1. The normalized spacial score (nSPS) is 12.0. The van der Waals surface area contributed by atoms with E-state index in [0.717, 1.165) is 5.75 Å². The lowest BCUT2D eigenvalue weighted by molar-refractivity contribution is -0.144. The van der Waals surface area contributed by atoms with Crippen LogP contribution in [-0.4, -0.2) is 18.7 Å². The van der Waals surface area contributed by atoms with Crippen LogP contribution < -0.4 is 4.74 Å². The number of hydrogen-bond donors (Lipinski definition) is 0. The smallest absolute Gasteiger partial charge is 0.309 e. The van der Waals surface area contributed by atoms with Gasteiger partial charge in [-0.25, -0.2) is 0 Å². The molecule has 0 aliphatic rings. The summed E-state index contributed by atoms with van der Waals surface area (Å²) >= 11 is 0. The molecule has 1 unspecified atom stereocenters. The SMILES string of the molecule is CCOC(=O)CC(C)Oc1ccc(C)c(C)c1. The van der Waals surface area contributed by atoms with Gasteiger partial charge < -0.3 is 9.47 Å². The Labute approximate surface area is 103 Å². The van der Waals surface area contributed by atoms with E-state index < -0.39 is 0 Å². The number of hydrogen-bond acceptors (Lipinski definition) is 3. The van der Waals surface area contributed by atoms with Crippen LogP contribution in [0.4, 0.5) is 0 Å². The summed E-state index contributed by atoms with van der Waals surface area (Å²) in [6.07, 6.45) is 0.108. The zero-order chi connectivity index (χ0) is 12.8. The first-order valence-corrected chi connectivity index (χ1v) is 5.92. The molecule has 94 valence electrons. The second-order valence-electron chi connectivity index (χ2n) is 4.18. The van der Waals surface area contributed by atoms with Gasteiger partial charge in [0.25, 0.3) is 0 Å². The predicted octanol–water partition coefficient (Wildman–Crippen LogP) is 3.02. The molecule has 0 bridgehead atoms. The highest BCUT2D eigenvalue weighted by atomic mass is 16.5. The first-order valence-electron chi connectivity index (χ1n) is 5.92. The zero-order valence-corrected chi connectivity index (χ0v) is 10.9. The van der Waals surface area contributed by atoms with Crippen molar-refractivity contribution in [3.63, 3.8) is 0 Å². The van der Waals surface area contributed by atoms with Crippen molar-refractivity contribution in [2.24, 2.45) is 0 Å². The van der Waals surface area contributed by atoms with Gasteiger partial charge >= 0.3 is 5.97 Å². The van der Waals surface area contributed by atoms with Crippen molar-refractivity contribution in [1.82, 2.24) is 0 Å². The van der Waals surface area contributed by atoms with Crippen molar-refractivity contribution in [2.75, 3.05) is 6.61 Å². The number of carbonyl (C=O) groups excluding carboxylic acids is 1. The van der Waals surface area contributed by atoms with Gasteiger partial charge in [-0.1, -0.05) is 6.07 Å². The average molecular weight is 236 g/mol. The molecule has 0 fully saturated rings. The maximum atomic E-state index is 11.3. The second kappa shape index (κ2) is 6.28. The van der Waals surface area contributed by atoms with E-state index in [1.807, 2.05) is 32.0 Å². The largest absolute Gasteiger partial charge is 0.490 e. The number of rotatable bonds is 5. The van der Waals surface area contributed by atoms with Crippen molar-refractivity contribution >= 4 is 5.97 Å². The summed E-state index contributed by atoms with van der Waals surface area (Å²) in [5.41, 5.74) is 2.42. The second-order valence-corrected chi connectivity index (χ2v) is 4.18. The molecule has 0 heterocycles. The number of ether oxygens (including phenoxy) is 2. The topological polar surface area (TPSA) is 35.5 Å². The predicted molar refractivity (Wildman–Crippen MR) is 67.3 cm³/mol. The van der Waals surface area contributed by atoms with Crippen molar-refractivity contribution < 1.29 is 14.3 Å². The number of esters is 1. The van der Waals surface area contributed by atoms with Gasteiger partial charge in [0, 0.05) is 0 Å². The van der Waals surface area contributed by atoms with Crippen LogP contribution in [0.1, 0.15) is 31.4 Å². The third kappa shape index (κ3) is 4.47. The Morgan fingerprint density at radius 3 is 2.59 bits per heavy atom. The van der Waals surface area contributed by atoms with E-state index in [4.69, 9.17) is 9.47 Å². The summed E-state index contributed by atoms with van der Waals surface area (Å²) in [5.74, 6) is 0.578. The van der Waals surface area contributed by atoms with E-state index in [1.165, 1.54) is 11.1 Å². The molecule has 17 heavy (non-hydrogen) atoms. The summed E-state index contributed by atoms with van der Waals surface area (Å²) in [6.45, 7) is 8.17. The first kappa shape index (κ1) is 13.6. The van der Waals surface area contributed by atoms with E-state index >= 15 is 0 Å². The van der Waals surface area contributed by atoms with E-state index in [1.54, 1.807) is 6.92 Å². The fraction of sp³-hybridized carbons (Fsp3) is 0.500. The van der Waals surface area contributed by atoms with Crippen molar-refractivity contribution in [3.8, 4) is 5.75 Å². The Kier molecular flexibility index (Phi) is 5.01. The summed E-state index contributed by atoms with van der Waals surface area (Å²) in [6, 6.07) is 5.92. The van der Waals surface area contributed by atoms with Crippen LogP contribution in [0.5, 0.6) is 5.75 Å². The van der Waals surface area contributed by atoms with E-state index in [2.05, 4.69) is 6.92 Å². The molecule has 1 atom stereocenters. The molecule has 0 saturated heterocycles. The van der Waals surface area contributed by atoms with Crippen LogP contribution in [0, 0.1) is 13.8 Å². The summed E-state index contributed by atoms with van der Waals surface area (Å²) in [4.78, 5) is 11.3. The Morgan fingerprint density at radius 2 is 2.00 bits per heavy atom. The molecule has 0 amide bonds. The van der Waals surface area contributed by atoms with Crippen LogP contribution in [0.25, 0.3) is 0 Å². The van der Waals surface area contributed by atoms with Crippen molar-refractivity contribution in [1.29, 1.82) is 0 Å². The van der Waals surface area contributed by atoms with Crippen LogP contribution in [0.3, 0.4) is 0 Å². The number of aryl methyl sites for hydroxylation is 2. The standard InChI is InChI=1S/C14H20O3/c1-5-16-14(15)9-12(4)17-13-7-6-10(2)11(3)8-13/h6-8,12H,5,9H2,1-4H3. The molecule has 0 spiro atoms. The zero-order valence-electron chi connectivity index (χ0n) is 10.9. The first-order chi connectivity index (χ1) is 8.02. The molecule has 0 aliphatic heterocycles. The molecular formula is C14H20O3. The van der Waals surface area contributed by atoms with Crippen LogP contribution >= 0.6 is 0 Å². The molecule has 0 aromatic heterocycles. The Balaban J connectivity index is 2.53. The van der Waals surface area contributed by atoms with Gasteiger partial charge in [0.1, 0.15) is 11.9 Å². The molecule has 0 aliphatic carbocycles. The average Bonchev–Trinajstić information content (AvgIpc) is 2.23. The lowest BCUT2D eigenvalue weighted by Crippen LogP contribution is -2.18. The third-order valence-corrected chi connectivity index (χ3v) is 2.58. The fourth-order valence-corrected chi connectivity index (χ4v) is 1.52. The van der Waals surface area contributed by atoms with Gasteiger partial charge in [-0.05, 0) is 51.0 Å². The summed E-state index contributed by atoms with van der Waals surface area (Å²) < 4.78 is 10.5. The molecule has 3 heteroatoms. The minimum atomic E-state index is -0.219. The van der Waals surface area contributed by atoms with Gasteiger partial charge in [0.2, 0.25) is 0 Å². The lowest BCUT2D eigenvalue weighted by Gasteiger charge is -2.14. The van der Waals surface area contributed by atoms with E-state index in [9.17, 15) is 4.79 Å². The fourth-order valence-electron chi connectivity index (χ4n) is 1.52. The molecule has 3 nitrogen and oxygen atoms in total. The van der Waals surface area contributed by atoms with Gasteiger partial charge in [0.15, 0.2) is 0 Å². The molecule has 1 aromatic carbocycles. The Bertz CT molecular complexity index is 385. The summed E-state index contributed by atoms with van der Waals surface area (Å²) in [5, 5.41) is 0. The molecule has 0 saturated carbocycles. The highest BCUT2D eigenvalue weighted by molar-refractivity contribution is 5.69. The summed E-state index contributed by atoms with van der Waals surface area (Å²) in [7, 11) is 0. The highest BCUT2D eigenvalue weighted by Gasteiger charge is 2.11. The minimum absolute atomic E-state index is 0.170. The Morgan fingerprint density at radius 1 is 1.29 bits per heavy atom. The molecule has 0 N–H and O–H groups in total. The van der Waals surface area contributed by atoms with Gasteiger partial charge in [-0.2, -0.15) is 0 Å². The van der Waals surface area contributed by atoms with Gasteiger partial charge in [-0.15, -0.1) is 0 Å². The molecule has 0 radical (unpaired) electrons. The Hall–Kier alpha value is -1.51. The van der Waals surface area contributed by atoms with E-state index in [-0.39, 0.29) is 18.5 Å². The van der Waals surface area contributed by atoms with Crippen LogP contribution in [0.15, 0.2) is 18.2 Å². The van der Waals surface area contributed by atoms with Gasteiger partial charge in [0.05, 0.1) is 13.0 Å². The maximum Gasteiger partial charge on any atom is 0.309 e. The molecule has 1 aromatic rings. The number of benzene rings is 1.